The molecule has 0 aliphatic carbocycles. The summed E-state index contributed by atoms with van der Waals surface area (Å²) in [7, 11) is 1.82. The number of hydrogen-bond acceptors (Lipinski definition) is 8. The number of ether oxygens (including phenoxy) is 1. The Labute approximate surface area is 252 Å². The summed E-state index contributed by atoms with van der Waals surface area (Å²) in [4.78, 5) is 57.8. The van der Waals surface area contributed by atoms with Gasteiger partial charge >= 0.3 is 0 Å². The van der Waals surface area contributed by atoms with E-state index in [-0.39, 0.29) is 30.2 Å². The number of anilines is 2. The largest absolute Gasteiger partial charge is 0.376 e. The first-order chi connectivity index (χ1) is 20.9. The van der Waals surface area contributed by atoms with E-state index in [9.17, 15) is 19.2 Å². The number of amides is 4. The molecule has 3 fully saturated rings. The molecule has 0 unspecified atom stereocenters. The molecular formula is C32H40N6O5. The van der Waals surface area contributed by atoms with Gasteiger partial charge in [0.2, 0.25) is 11.8 Å². The minimum atomic E-state index is -0.607. The number of piperazine rings is 1. The van der Waals surface area contributed by atoms with Gasteiger partial charge in [0.1, 0.15) is 6.04 Å². The van der Waals surface area contributed by atoms with Crippen molar-refractivity contribution in [3.05, 3.63) is 59.2 Å². The number of imide groups is 1. The van der Waals surface area contributed by atoms with Gasteiger partial charge in [0, 0.05) is 75.2 Å². The average molecular weight is 589 g/mol. The Hall–Kier alpha value is -3.96. The maximum Gasteiger partial charge on any atom is 0.255 e. The molecule has 4 amide bonds. The standard InChI is InChI=1S/C32H40N6O5/c1-35(18-19-43-26-10-12-33-13-11-26)31(41)22-2-4-24(5-3-22)36-14-16-37(17-15-36)25-6-7-27-23(20-25)21-38(32(27)42)28-8-9-29(39)34-30(28)40/h2-7,20,26,28,33H,8-19,21H2,1H3,(H,34,39,40)/t28-/m1/s1. The van der Waals surface area contributed by atoms with E-state index < -0.39 is 11.9 Å². The van der Waals surface area contributed by atoms with Crippen molar-refractivity contribution in [3.8, 4) is 0 Å². The number of benzene rings is 2. The molecule has 0 radical (unpaired) electrons. The molecule has 2 aromatic rings. The Bertz CT molecular complexity index is 1370. The summed E-state index contributed by atoms with van der Waals surface area (Å²) in [6.45, 7) is 6.79. The first-order valence-corrected chi connectivity index (χ1v) is 15.3. The normalized spacial score (nSPS) is 21.2. The number of carbonyl (C=O) groups excluding carboxylic acids is 4. The maximum atomic E-state index is 13.0. The van der Waals surface area contributed by atoms with Crippen LogP contribution in [-0.2, 0) is 20.9 Å². The zero-order chi connectivity index (χ0) is 29.9. The van der Waals surface area contributed by atoms with Crippen molar-refractivity contribution in [3.63, 3.8) is 0 Å². The average Bonchev–Trinajstić information content (AvgIpc) is 3.36. The fourth-order valence-corrected chi connectivity index (χ4v) is 6.44. The van der Waals surface area contributed by atoms with Crippen molar-refractivity contribution in [2.24, 2.45) is 0 Å². The third-order valence-electron chi connectivity index (χ3n) is 9.04. The third kappa shape index (κ3) is 6.37. The van der Waals surface area contributed by atoms with Crippen molar-refractivity contribution in [2.45, 2.75) is 44.4 Å². The van der Waals surface area contributed by atoms with Gasteiger partial charge in [-0.05, 0) is 80.4 Å². The summed E-state index contributed by atoms with van der Waals surface area (Å²) in [5.41, 5.74) is 4.36. The molecule has 0 saturated carbocycles. The van der Waals surface area contributed by atoms with E-state index >= 15 is 0 Å². The maximum absolute atomic E-state index is 13.0. The van der Waals surface area contributed by atoms with Gasteiger partial charge in [-0.15, -0.1) is 0 Å². The van der Waals surface area contributed by atoms with E-state index in [0.29, 0.717) is 37.2 Å². The van der Waals surface area contributed by atoms with E-state index in [1.807, 2.05) is 43.4 Å². The molecule has 2 aromatic carbocycles. The van der Waals surface area contributed by atoms with Crippen molar-refractivity contribution in [1.82, 2.24) is 20.4 Å². The Balaban J connectivity index is 0.997. The highest BCUT2D eigenvalue weighted by Gasteiger charge is 2.39. The number of nitrogens with one attached hydrogen (secondary N) is 2. The lowest BCUT2D eigenvalue weighted by Gasteiger charge is -2.37. The van der Waals surface area contributed by atoms with Gasteiger partial charge in [-0.1, -0.05) is 0 Å². The van der Waals surface area contributed by atoms with Gasteiger partial charge in [-0.3, -0.25) is 24.5 Å². The van der Waals surface area contributed by atoms with Gasteiger partial charge < -0.3 is 29.7 Å². The van der Waals surface area contributed by atoms with E-state index in [1.54, 1.807) is 9.80 Å². The van der Waals surface area contributed by atoms with Crippen molar-refractivity contribution in [2.75, 3.05) is 69.3 Å². The van der Waals surface area contributed by atoms with Crippen molar-refractivity contribution in [1.29, 1.82) is 0 Å². The van der Waals surface area contributed by atoms with Crippen LogP contribution in [0, 0.1) is 0 Å². The quantitative estimate of drug-likeness (QED) is 0.448. The number of likely N-dealkylation sites (N-methyl/N-ethyl adjacent to an activating group) is 1. The molecular weight excluding hydrogens is 548 g/mol. The lowest BCUT2D eigenvalue weighted by atomic mass is 10.0. The lowest BCUT2D eigenvalue weighted by molar-refractivity contribution is -0.136. The minimum absolute atomic E-state index is 0.00320. The smallest absolute Gasteiger partial charge is 0.255 e. The van der Waals surface area contributed by atoms with E-state index in [2.05, 4.69) is 26.5 Å². The van der Waals surface area contributed by atoms with E-state index in [1.165, 1.54) is 0 Å². The highest BCUT2D eigenvalue weighted by Crippen LogP contribution is 2.31. The van der Waals surface area contributed by atoms with E-state index in [0.717, 1.165) is 69.0 Å². The lowest BCUT2D eigenvalue weighted by Crippen LogP contribution is -2.52. The number of fused-ring (bicyclic) bond motifs is 1. The van der Waals surface area contributed by atoms with Crippen LogP contribution in [0.3, 0.4) is 0 Å². The summed E-state index contributed by atoms with van der Waals surface area (Å²) in [5.74, 6) is -0.833. The monoisotopic (exact) mass is 588 g/mol. The molecule has 0 spiro atoms. The second kappa shape index (κ2) is 12.7. The first kappa shape index (κ1) is 29.1. The van der Waals surface area contributed by atoms with Crippen LogP contribution in [0.1, 0.15) is 52.0 Å². The van der Waals surface area contributed by atoms with Gasteiger partial charge in [0.05, 0.1) is 12.7 Å². The van der Waals surface area contributed by atoms with Gasteiger partial charge in [0.25, 0.3) is 11.8 Å². The number of piperidine rings is 2. The molecule has 1 atom stereocenters. The van der Waals surface area contributed by atoms with Gasteiger partial charge in [0.15, 0.2) is 0 Å². The number of hydrogen-bond donors (Lipinski definition) is 2. The second-order valence-electron chi connectivity index (χ2n) is 11.8. The molecule has 3 saturated heterocycles. The fourth-order valence-electron chi connectivity index (χ4n) is 6.44. The Morgan fingerprint density at radius 3 is 2.30 bits per heavy atom. The third-order valence-corrected chi connectivity index (χ3v) is 9.04. The summed E-state index contributed by atoms with van der Waals surface area (Å²) >= 11 is 0. The van der Waals surface area contributed by atoms with Crippen LogP contribution in [0.4, 0.5) is 11.4 Å². The summed E-state index contributed by atoms with van der Waals surface area (Å²) in [6.07, 6.45) is 2.93. The molecule has 6 rings (SSSR count). The first-order valence-electron chi connectivity index (χ1n) is 15.3. The molecule has 4 aliphatic rings. The van der Waals surface area contributed by atoms with Crippen LogP contribution in [0.15, 0.2) is 42.5 Å². The second-order valence-corrected chi connectivity index (χ2v) is 11.8. The molecule has 0 bridgehead atoms. The zero-order valence-corrected chi connectivity index (χ0v) is 24.7. The highest BCUT2D eigenvalue weighted by molar-refractivity contribution is 6.05. The van der Waals surface area contributed by atoms with Crippen LogP contribution < -0.4 is 20.4 Å². The number of carbonyl (C=O) groups is 4. The number of rotatable bonds is 8. The molecule has 2 N–H and O–H groups in total. The predicted molar refractivity (Wildman–Crippen MR) is 162 cm³/mol. The highest BCUT2D eigenvalue weighted by atomic mass is 16.5. The van der Waals surface area contributed by atoms with Crippen LogP contribution >= 0.6 is 0 Å². The zero-order valence-electron chi connectivity index (χ0n) is 24.7. The molecule has 4 aliphatic heterocycles. The van der Waals surface area contributed by atoms with Crippen molar-refractivity contribution >= 4 is 35.0 Å². The Kier molecular flexibility index (Phi) is 8.62. The topological polar surface area (TPSA) is 115 Å². The summed E-state index contributed by atoms with van der Waals surface area (Å²) < 4.78 is 5.96. The van der Waals surface area contributed by atoms with Gasteiger partial charge in [-0.25, -0.2) is 0 Å². The summed E-state index contributed by atoms with van der Waals surface area (Å²) in [5, 5.41) is 5.69. The Morgan fingerprint density at radius 1 is 0.930 bits per heavy atom. The summed E-state index contributed by atoms with van der Waals surface area (Å²) in [6, 6.07) is 13.1. The van der Waals surface area contributed by atoms with Crippen LogP contribution in [0.2, 0.25) is 0 Å². The molecule has 43 heavy (non-hydrogen) atoms. The SMILES string of the molecule is CN(CCOC1CCNCC1)C(=O)c1ccc(N2CCN(c3ccc4c(c3)CN([C@@H]3CCC(=O)NC3=O)C4=O)CC2)cc1. The van der Waals surface area contributed by atoms with Crippen molar-refractivity contribution < 1.29 is 23.9 Å². The van der Waals surface area contributed by atoms with Crippen LogP contribution in [-0.4, -0.2) is 105 Å². The molecule has 11 heteroatoms. The molecule has 11 nitrogen and oxygen atoms in total. The number of nitrogens with zero attached hydrogens (tertiary/aromatic N) is 4. The van der Waals surface area contributed by atoms with E-state index in [4.69, 9.17) is 4.74 Å². The molecule has 228 valence electrons. The minimum Gasteiger partial charge on any atom is -0.376 e. The molecule has 4 heterocycles. The molecule has 0 aromatic heterocycles. The van der Waals surface area contributed by atoms with Crippen LogP contribution in [0.5, 0.6) is 0 Å². The Morgan fingerprint density at radius 2 is 1.60 bits per heavy atom. The fraction of sp³-hybridized carbons (Fsp3) is 0.500. The predicted octanol–water partition coefficient (Wildman–Crippen LogP) is 1.61. The van der Waals surface area contributed by atoms with Crippen LogP contribution in [0.25, 0.3) is 0 Å². The van der Waals surface area contributed by atoms with Gasteiger partial charge in [-0.2, -0.15) is 0 Å².